The number of nitrogens with zero attached hydrogens (tertiary/aromatic N) is 2. The van der Waals surface area contributed by atoms with Gasteiger partial charge in [-0.3, -0.25) is 9.69 Å². The zero-order valence-corrected chi connectivity index (χ0v) is 24.3. The van der Waals surface area contributed by atoms with E-state index in [4.69, 9.17) is 16.3 Å². The van der Waals surface area contributed by atoms with Crippen LogP contribution in [0.2, 0.25) is 5.02 Å². The molecule has 1 amide bonds. The first-order valence-electron chi connectivity index (χ1n) is 13.4. The van der Waals surface area contributed by atoms with Crippen molar-refractivity contribution in [3.63, 3.8) is 0 Å². The average Bonchev–Trinajstić information content (AvgIpc) is 2.98. The molecule has 0 atom stereocenters. The highest BCUT2D eigenvalue weighted by atomic mass is 35.5. The molecule has 1 aliphatic heterocycles. The highest BCUT2D eigenvalue weighted by Crippen LogP contribution is 2.30. The average molecular weight is 590 g/mol. The monoisotopic (exact) mass is 589 g/mol. The van der Waals surface area contributed by atoms with E-state index in [0.717, 1.165) is 5.56 Å². The Bertz CT molecular complexity index is 1540. The first kappa shape index (κ1) is 28.8. The highest BCUT2D eigenvalue weighted by molar-refractivity contribution is 7.89. The second-order valence-corrected chi connectivity index (χ2v) is 12.3. The Hall–Kier alpha value is -3.69. The standard InChI is InChI=1S/C32H32ClN3O4S/c1-24-22-27(33)12-17-30(24)40-23-31(37)34-28-13-15-29(16-14-28)41(38,39)36-20-18-35(19-21-36)32(25-8-4-2-5-9-25)26-10-6-3-7-11-26/h2-17,22,32H,18-21,23H2,1H3,(H,34,37). The number of ether oxygens (including phenoxy) is 1. The molecule has 0 bridgehead atoms. The van der Waals surface area contributed by atoms with Crippen LogP contribution >= 0.6 is 11.6 Å². The van der Waals surface area contributed by atoms with Crippen molar-refractivity contribution in [2.24, 2.45) is 0 Å². The number of halogens is 1. The van der Waals surface area contributed by atoms with Crippen LogP contribution in [0, 0.1) is 6.92 Å². The molecule has 0 spiro atoms. The number of anilines is 1. The molecule has 41 heavy (non-hydrogen) atoms. The third-order valence-electron chi connectivity index (χ3n) is 7.14. The van der Waals surface area contributed by atoms with E-state index in [2.05, 4.69) is 34.5 Å². The van der Waals surface area contributed by atoms with Gasteiger partial charge in [0.15, 0.2) is 6.61 Å². The number of amides is 1. The lowest BCUT2D eigenvalue weighted by Crippen LogP contribution is -2.49. The second kappa shape index (κ2) is 12.9. The van der Waals surface area contributed by atoms with E-state index < -0.39 is 10.0 Å². The predicted octanol–water partition coefficient (Wildman–Crippen LogP) is 5.76. The van der Waals surface area contributed by atoms with E-state index in [1.165, 1.54) is 27.6 Å². The molecule has 4 aromatic rings. The molecule has 0 aliphatic carbocycles. The zero-order valence-electron chi connectivity index (χ0n) is 22.7. The number of hydrogen-bond acceptors (Lipinski definition) is 5. The number of aryl methyl sites for hydroxylation is 1. The molecule has 0 aromatic heterocycles. The molecule has 1 saturated heterocycles. The van der Waals surface area contributed by atoms with Crippen molar-refractivity contribution in [3.8, 4) is 5.75 Å². The van der Waals surface area contributed by atoms with Crippen molar-refractivity contribution in [1.82, 2.24) is 9.21 Å². The fraction of sp³-hybridized carbons (Fsp3) is 0.219. The summed E-state index contributed by atoms with van der Waals surface area (Å²) in [7, 11) is -3.68. The molecule has 0 unspecified atom stereocenters. The van der Waals surface area contributed by atoms with Gasteiger partial charge in [0.05, 0.1) is 10.9 Å². The summed E-state index contributed by atoms with van der Waals surface area (Å²) >= 11 is 5.96. The molecular weight excluding hydrogens is 558 g/mol. The minimum atomic E-state index is -3.68. The van der Waals surface area contributed by atoms with E-state index in [0.29, 0.717) is 42.6 Å². The third kappa shape index (κ3) is 6.97. The van der Waals surface area contributed by atoms with Gasteiger partial charge in [-0.05, 0) is 66.1 Å². The van der Waals surface area contributed by atoms with Gasteiger partial charge in [-0.2, -0.15) is 4.31 Å². The molecule has 4 aromatic carbocycles. The van der Waals surface area contributed by atoms with Gasteiger partial charge < -0.3 is 10.1 Å². The van der Waals surface area contributed by atoms with Crippen molar-refractivity contribution >= 4 is 33.2 Å². The van der Waals surface area contributed by atoms with Gasteiger partial charge in [0.2, 0.25) is 10.0 Å². The summed E-state index contributed by atoms with van der Waals surface area (Å²) in [6.07, 6.45) is 0. The number of rotatable bonds is 9. The Kier molecular flexibility index (Phi) is 9.05. The summed E-state index contributed by atoms with van der Waals surface area (Å²) in [5, 5.41) is 3.34. The van der Waals surface area contributed by atoms with E-state index in [9.17, 15) is 13.2 Å². The van der Waals surface area contributed by atoms with Crippen LogP contribution in [0.4, 0.5) is 5.69 Å². The summed E-state index contributed by atoms with van der Waals surface area (Å²) in [5.41, 5.74) is 3.68. The van der Waals surface area contributed by atoms with Crippen molar-refractivity contribution in [2.45, 2.75) is 17.9 Å². The van der Waals surface area contributed by atoms with E-state index >= 15 is 0 Å². The Morgan fingerprint density at radius 3 is 2.00 bits per heavy atom. The summed E-state index contributed by atoms with van der Waals surface area (Å²) in [5.74, 6) is 0.224. The van der Waals surface area contributed by atoms with Gasteiger partial charge in [0.25, 0.3) is 5.91 Å². The number of benzene rings is 4. The summed E-state index contributed by atoms with van der Waals surface area (Å²) in [6.45, 7) is 3.66. The minimum absolute atomic E-state index is 0.0535. The Morgan fingerprint density at radius 2 is 1.44 bits per heavy atom. The SMILES string of the molecule is Cc1cc(Cl)ccc1OCC(=O)Nc1ccc(S(=O)(=O)N2CCN(C(c3ccccc3)c3ccccc3)CC2)cc1. The number of hydrogen-bond donors (Lipinski definition) is 1. The zero-order chi connectivity index (χ0) is 28.8. The highest BCUT2D eigenvalue weighted by Gasteiger charge is 2.32. The normalized spacial score (nSPS) is 14.6. The second-order valence-electron chi connectivity index (χ2n) is 9.94. The van der Waals surface area contributed by atoms with Crippen molar-refractivity contribution in [3.05, 3.63) is 125 Å². The fourth-order valence-corrected chi connectivity index (χ4v) is 6.71. The molecule has 7 nitrogen and oxygen atoms in total. The van der Waals surface area contributed by atoms with Crippen LogP contribution in [0.1, 0.15) is 22.7 Å². The summed E-state index contributed by atoms with van der Waals surface area (Å²) in [6, 6.07) is 32.1. The minimum Gasteiger partial charge on any atom is -0.483 e. The van der Waals surface area contributed by atoms with Crippen LogP contribution in [-0.2, 0) is 14.8 Å². The maximum Gasteiger partial charge on any atom is 0.262 e. The Labute approximate surface area is 246 Å². The van der Waals surface area contributed by atoms with Crippen LogP contribution < -0.4 is 10.1 Å². The lowest BCUT2D eigenvalue weighted by Gasteiger charge is -2.39. The molecule has 1 aliphatic rings. The van der Waals surface area contributed by atoms with Crippen molar-refractivity contribution in [2.75, 3.05) is 38.1 Å². The maximum absolute atomic E-state index is 13.4. The number of nitrogens with one attached hydrogen (secondary N) is 1. The lowest BCUT2D eigenvalue weighted by atomic mass is 9.96. The van der Waals surface area contributed by atoms with Gasteiger partial charge in [-0.1, -0.05) is 72.3 Å². The molecule has 0 saturated carbocycles. The molecular formula is C32H32ClN3O4S. The molecule has 212 valence electrons. The molecule has 1 fully saturated rings. The first-order valence-corrected chi connectivity index (χ1v) is 15.3. The summed E-state index contributed by atoms with van der Waals surface area (Å²) in [4.78, 5) is 14.9. The fourth-order valence-electron chi connectivity index (χ4n) is 5.06. The van der Waals surface area contributed by atoms with E-state index in [1.807, 2.05) is 43.3 Å². The van der Waals surface area contributed by atoms with Gasteiger partial charge in [0.1, 0.15) is 5.75 Å². The van der Waals surface area contributed by atoms with Gasteiger partial charge in [-0.25, -0.2) is 8.42 Å². The van der Waals surface area contributed by atoms with Gasteiger partial charge in [0, 0.05) is 36.9 Å². The Balaban J connectivity index is 1.20. The van der Waals surface area contributed by atoms with Crippen LogP contribution in [0.15, 0.2) is 108 Å². The van der Waals surface area contributed by atoms with Gasteiger partial charge >= 0.3 is 0 Å². The molecule has 1 heterocycles. The molecule has 1 N–H and O–H groups in total. The smallest absolute Gasteiger partial charge is 0.262 e. The van der Waals surface area contributed by atoms with Gasteiger partial charge in [-0.15, -0.1) is 0 Å². The summed E-state index contributed by atoms with van der Waals surface area (Å²) < 4.78 is 34.0. The molecule has 9 heteroatoms. The number of carbonyl (C=O) groups is 1. The predicted molar refractivity (Wildman–Crippen MR) is 162 cm³/mol. The third-order valence-corrected chi connectivity index (χ3v) is 9.29. The number of sulfonamides is 1. The Morgan fingerprint density at radius 1 is 0.854 bits per heavy atom. The maximum atomic E-state index is 13.4. The van der Waals surface area contributed by atoms with Crippen molar-refractivity contribution in [1.29, 1.82) is 0 Å². The van der Waals surface area contributed by atoms with Crippen LogP contribution in [0.25, 0.3) is 0 Å². The lowest BCUT2D eigenvalue weighted by molar-refractivity contribution is -0.118. The number of piperazine rings is 1. The topological polar surface area (TPSA) is 78.9 Å². The van der Waals surface area contributed by atoms with Crippen molar-refractivity contribution < 1.29 is 17.9 Å². The molecule has 0 radical (unpaired) electrons. The largest absolute Gasteiger partial charge is 0.483 e. The number of carbonyl (C=O) groups excluding carboxylic acids is 1. The van der Waals surface area contributed by atoms with Crippen LogP contribution in [0.5, 0.6) is 5.75 Å². The quantitative estimate of drug-likeness (QED) is 0.268. The molecule has 5 rings (SSSR count). The van der Waals surface area contributed by atoms with E-state index in [1.54, 1.807) is 30.3 Å². The van der Waals surface area contributed by atoms with E-state index in [-0.39, 0.29) is 23.5 Å². The van der Waals surface area contributed by atoms with Crippen LogP contribution in [0.3, 0.4) is 0 Å². The van der Waals surface area contributed by atoms with Crippen LogP contribution in [-0.4, -0.2) is 56.3 Å². The first-order chi connectivity index (χ1) is 19.8.